The van der Waals surface area contributed by atoms with E-state index in [1.54, 1.807) is 0 Å². The van der Waals surface area contributed by atoms with Gasteiger partial charge in [0.1, 0.15) is 5.75 Å². The molecule has 4 nitrogen and oxygen atoms in total. The first-order valence-electron chi connectivity index (χ1n) is 7.68. The van der Waals surface area contributed by atoms with E-state index in [4.69, 9.17) is 4.74 Å². The molecule has 5 heteroatoms. The molecule has 3 rings (SSSR count). The summed E-state index contributed by atoms with van der Waals surface area (Å²) in [6.45, 7) is 1.54. The molecule has 1 atom stereocenters. The van der Waals surface area contributed by atoms with Crippen LogP contribution in [-0.2, 0) is 11.3 Å². The SMILES string of the molecule is O=C1NCCCCC1Oc1ccc(Br)cc1CNC1CC1. The highest BCUT2D eigenvalue weighted by atomic mass is 79.9. The number of rotatable bonds is 5. The highest BCUT2D eigenvalue weighted by Gasteiger charge is 2.24. The molecule has 21 heavy (non-hydrogen) atoms. The molecule has 2 fully saturated rings. The summed E-state index contributed by atoms with van der Waals surface area (Å²) in [5.74, 6) is 0.824. The van der Waals surface area contributed by atoms with E-state index in [2.05, 4.69) is 32.6 Å². The van der Waals surface area contributed by atoms with Crippen molar-refractivity contribution in [1.29, 1.82) is 0 Å². The summed E-state index contributed by atoms with van der Waals surface area (Å²) in [6.07, 6.45) is 4.99. The van der Waals surface area contributed by atoms with Gasteiger partial charge < -0.3 is 15.4 Å². The number of ether oxygens (including phenoxy) is 1. The van der Waals surface area contributed by atoms with E-state index in [-0.39, 0.29) is 12.0 Å². The standard InChI is InChI=1S/C16H21BrN2O2/c17-12-4-7-14(11(9-12)10-19-13-5-6-13)21-15-3-1-2-8-18-16(15)20/h4,7,9,13,15,19H,1-3,5-6,8,10H2,(H,18,20). The van der Waals surface area contributed by atoms with Gasteiger partial charge >= 0.3 is 0 Å². The summed E-state index contributed by atoms with van der Waals surface area (Å²) < 4.78 is 7.05. The van der Waals surface area contributed by atoms with Crippen molar-refractivity contribution in [3.8, 4) is 5.75 Å². The fourth-order valence-electron chi connectivity index (χ4n) is 2.52. The fraction of sp³-hybridized carbons (Fsp3) is 0.562. The summed E-state index contributed by atoms with van der Waals surface area (Å²) in [7, 11) is 0. The summed E-state index contributed by atoms with van der Waals surface area (Å²) >= 11 is 3.51. The molecule has 1 aliphatic carbocycles. The smallest absolute Gasteiger partial charge is 0.261 e. The average molecular weight is 353 g/mol. The predicted molar refractivity (Wildman–Crippen MR) is 85.3 cm³/mol. The number of carbonyl (C=O) groups is 1. The van der Waals surface area contributed by atoms with Crippen LogP contribution in [0.4, 0.5) is 0 Å². The van der Waals surface area contributed by atoms with Gasteiger partial charge in [-0.15, -0.1) is 0 Å². The molecule has 1 amide bonds. The molecule has 1 aliphatic heterocycles. The van der Waals surface area contributed by atoms with E-state index < -0.39 is 0 Å². The Morgan fingerprint density at radius 3 is 2.95 bits per heavy atom. The van der Waals surface area contributed by atoms with E-state index in [0.717, 1.165) is 48.1 Å². The Kier molecular flexibility index (Phi) is 4.80. The van der Waals surface area contributed by atoms with Crippen LogP contribution in [0, 0.1) is 0 Å². The number of benzene rings is 1. The summed E-state index contributed by atoms with van der Waals surface area (Å²) in [5.41, 5.74) is 1.10. The predicted octanol–water partition coefficient (Wildman–Crippen LogP) is 2.75. The molecule has 0 bridgehead atoms. The minimum atomic E-state index is -0.367. The van der Waals surface area contributed by atoms with Crippen LogP contribution in [0.1, 0.15) is 37.7 Å². The zero-order chi connectivity index (χ0) is 14.7. The normalized spacial score (nSPS) is 22.5. The van der Waals surface area contributed by atoms with Crippen LogP contribution >= 0.6 is 15.9 Å². The van der Waals surface area contributed by atoms with Crippen molar-refractivity contribution in [3.63, 3.8) is 0 Å². The highest BCUT2D eigenvalue weighted by molar-refractivity contribution is 9.10. The molecule has 1 heterocycles. The van der Waals surface area contributed by atoms with Gasteiger partial charge in [-0.3, -0.25) is 4.79 Å². The molecule has 1 saturated heterocycles. The van der Waals surface area contributed by atoms with Gasteiger partial charge in [0.05, 0.1) is 0 Å². The fourth-order valence-corrected chi connectivity index (χ4v) is 2.93. The van der Waals surface area contributed by atoms with Gasteiger partial charge in [0.15, 0.2) is 6.10 Å². The van der Waals surface area contributed by atoms with Crippen LogP contribution in [0.2, 0.25) is 0 Å². The number of halogens is 1. The van der Waals surface area contributed by atoms with Gasteiger partial charge in [-0.05, 0) is 50.3 Å². The van der Waals surface area contributed by atoms with Crippen molar-refractivity contribution in [3.05, 3.63) is 28.2 Å². The molecule has 1 unspecified atom stereocenters. The monoisotopic (exact) mass is 352 g/mol. The first kappa shape index (κ1) is 14.9. The van der Waals surface area contributed by atoms with Gasteiger partial charge in [0.2, 0.25) is 0 Å². The van der Waals surface area contributed by atoms with Gasteiger partial charge in [-0.1, -0.05) is 15.9 Å². The first-order chi connectivity index (χ1) is 10.2. The van der Waals surface area contributed by atoms with Crippen LogP contribution in [0.5, 0.6) is 5.75 Å². The van der Waals surface area contributed by atoms with Crippen molar-refractivity contribution in [2.45, 2.75) is 50.8 Å². The summed E-state index contributed by atoms with van der Waals surface area (Å²) in [4.78, 5) is 12.0. The lowest BCUT2D eigenvalue weighted by Gasteiger charge is -2.19. The lowest BCUT2D eigenvalue weighted by atomic mass is 10.1. The third-order valence-corrected chi connectivity index (χ3v) is 4.43. The van der Waals surface area contributed by atoms with Crippen molar-refractivity contribution in [2.75, 3.05) is 6.54 Å². The van der Waals surface area contributed by atoms with E-state index >= 15 is 0 Å². The Morgan fingerprint density at radius 2 is 2.14 bits per heavy atom. The van der Waals surface area contributed by atoms with Crippen molar-refractivity contribution in [2.24, 2.45) is 0 Å². The summed E-state index contributed by atoms with van der Waals surface area (Å²) in [6, 6.07) is 6.63. The third kappa shape index (κ3) is 4.20. The van der Waals surface area contributed by atoms with Gasteiger partial charge in [0.25, 0.3) is 5.91 Å². The molecule has 2 N–H and O–H groups in total. The number of hydrogen-bond donors (Lipinski definition) is 2. The van der Waals surface area contributed by atoms with E-state index in [1.165, 1.54) is 12.8 Å². The molecule has 1 saturated carbocycles. The number of carbonyl (C=O) groups excluding carboxylic acids is 1. The molecular formula is C16H21BrN2O2. The molecule has 0 radical (unpaired) electrons. The largest absolute Gasteiger partial charge is 0.480 e. The van der Waals surface area contributed by atoms with Crippen LogP contribution in [0.3, 0.4) is 0 Å². The van der Waals surface area contributed by atoms with Crippen LogP contribution in [0.25, 0.3) is 0 Å². The second kappa shape index (κ2) is 6.79. The lowest BCUT2D eigenvalue weighted by molar-refractivity contribution is -0.127. The molecular weight excluding hydrogens is 332 g/mol. The lowest BCUT2D eigenvalue weighted by Crippen LogP contribution is -2.36. The topological polar surface area (TPSA) is 50.4 Å². The number of amides is 1. The molecule has 0 aromatic heterocycles. The minimum absolute atomic E-state index is 0.0107. The highest BCUT2D eigenvalue weighted by Crippen LogP contribution is 2.27. The van der Waals surface area contributed by atoms with Crippen LogP contribution < -0.4 is 15.4 Å². The molecule has 114 valence electrons. The van der Waals surface area contributed by atoms with Crippen molar-refractivity contribution < 1.29 is 9.53 Å². The zero-order valence-electron chi connectivity index (χ0n) is 12.0. The third-order valence-electron chi connectivity index (χ3n) is 3.94. The number of nitrogens with one attached hydrogen (secondary N) is 2. The Balaban J connectivity index is 1.71. The zero-order valence-corrected chi connectivity index (χ0v) is 13.6. The van der Waals surface area contributed by atoms with Crippen LogP contribution in [-0.4, -0.2) is 24.6 Å². The molecule has 1 aromatic carbocycles. The Labute approximate surface area is 133 Å². The summed E-state index contributed by atoms with van der Waals surface area (Å²) in [5, 5.41) is 6.42. The maximum Gasteiger partial charge on any atom is 0.261 e. The van der Waals surface area contributed by atoms with E-state index in [1.807, 2.05) is 12.1 Å². The van der Waals surface area contributed by atoms with Crippen molar-refractivity contribution in [1.82, 2.24) is 10.6 Å². The Hall–Kier alpha value is -1.07. The van der Waals surface area contributed by atoms with E-state index in [9.17, 15) is 4.79 Å². The van der Waals surface area contributed by atoms with Gasteiger partial charge in [-0.2, -0.15) is 0 Å². The van der Waals surface area contributed by atoms with Gasteiger partial charge in [0, 0.05) is 29.2 Å². The number of hydrogen-bond acceptors (Lipinski definition) is 3. The van der Waals surface area contributed by atoms with Gasteiger partial charge in [-0.25, -0.2) is 0 Å². The molecule has 2 aliphatic rings. The van der Waals surface area contributed by atoms with Crippen LogP contribution in [0.15, 0.2) is 22.7 Å². The molecule has 0 spiro atoms. The second-order valence-electron chi connectivity index (χ2n) is 5.80. The average Bonchev–Trinajstić information content (AvgIpc) is 3.29. The minimum Gasteiger partial charge on any atom is -0.480 e. The maximum atomic E-state index is 12.0. The van der Waals surface area contributed by atoms with E-state index in [0.29, 0.717) is 6.04 Å². The Bertz CT molecular complexity index is 517. The maximum absolute atomic E-state index is 12.0. The quantitative estimate of drug-likeness (QED) is 0.856. The van der Waals surface area contributed by atoms with Crippen molar-refractivity contribution >= 4 is 21.8 Å². The Morgan fingerprint density at radius 1 is 1.29 bits per heavy atom. The first-order valence-corrected chi connectivity index (χ1v) is 8.48. The second-order valence-corrected chi connectivity index (χ2v) is 6.72. The molecule has 1 aromatic rings.